The molecule has 0 rings (SSSR count). The van der Waals surface area contributed by atoms with Crippen LogP contribution in [0.15, 0.2) is 0 Å². The first-order valence-electron chi connectivity index (χ1n) is 0. The summed E-state index contributed by atoms with van der Waals surface area (Å²) in [5.74, 6) is 0. The maximum atomic E-state index is 0. The van der Waals surface area contributed by atoms with Crippen molar-refractivity contribution in [3.63, 3.8) is 0 Å². The molecule has 0 amide bonds. The molecule has 0 unspecified atom stereocenters. The van der Waals surface area contributed by atoms with E-state index in [0.717, 1.165) is 0 Å². The van der Waals surface area contributed by atoms with E-state index in [2.05, 4.69) is 0 Å². The summed E-state index contributed by atoms with van der Waals surface area (Å²) in [6, 6.07) is 0. The summed E-state index contributed by atoms with van der Waals surface area (Å²) in [7, 11) is 0. The van der Waals surface area contributed by atoms with Gasteiger partial charge in [0.1, 0.15) is 0 Å². The summed E-state index contributed by atoms with van der Waals surface area (Å²) >= 11 is 0. The molecule has 0 N–H and O–H groups in total. The molecule has 0 atom stereocenters. The molecular weight excluding hydrogens is 152 g/mol. The van der Waals surface area contributed by atoms with Gasteiger partial charge in [-0.15, -0.1) is 0 Å². The molecule has 0 aliphatic rings. The summed E-state index contributed by atoms with van der Waals surface area (Å²) in [5, 5.41) is 0. The fourth-order valence-electron chi connectivity index (χ4n) is 0. The zero-order valence-electron chi connectivity index (χ0n) is 3.93. The molecule has 2 nitrogen and oxygen atoms in total. The monoisotopic (exact) mass is 156 g/mol. The Hall–Kier alpha value is 1.37. The fourth-order valence-corrected chi connectivity index (χ4v) is 0. The molecule has 4 heteroatoms. The molecule has 0 spiro atoms. The van der Waals surface area contributed by atoms with E-state index < -0.39 is 0 Å². The molecule has 0 heterocycles. The average Bonchev–Trinajstić information content (AvgIpc) is 0. The van der Waals surface area contributed by atoms with Crippen molar-refractivity contribution in [3.8, 4) is 0 Å². The molecule has 0 radical (unpaired) electrons. The van der Waals surface area contributed by atoms with Crippen molar-refractivity contribution in [2.45, 2.75) is 0 Å². The Bertz CT molecular complexity index is 11.5. The van der Waals surface area contributed by atoms with Gasteiger partial charge in [0.2, 0.25) is 0 Å². The predicted molar refractivity (Wildman–Crippen MR) is 9.35 cm³/mol. The van der Waals surface area contributed by atoms with Gasteiger partial charge in [0.15, 0.2) is 0 Å². The predicted octanol–water partition coefficient (Wildman–Crippen LogP) is -0.396. The van der Waals surface area contributed by atoms with Gasteiger partial charge in [-0.25, -0.2) is 0 Å². The van der Waals surface area contributed by atoms with Crippen molar-refractivity contribution < 1.29 is 34.9 Å². The molecule has 4 heavy (non-hydrogen) atoms. The van der Waals surface area contributed by atoms with Crippen LogP contribution in [-0.2, 0) is 32.0 Å². The number of rotatable bonds is 0. The first-order valence-corrected chi connectivity index (χ1v) is 0. The van der Waals surface area contributed by atoms with Gasteiger partial charge in [0.05, 0.1) is 0 Å². The van der Waals surface area contributed by atoms with Crippen molar-refractivity contribution in [1.29, 1.82) is 0 Å². The van der Waals surface area contributed by atoms with Crippen LogP contribution in [-0.4, -0.2) is 23.1 Å². The minimum atomic E-state index is 0. The van der Waals surface area contributed by atoms with Crippen LogP contribution >= 0.6 is 0 Å². The molecule has 0 aliphatic carbocycles. The van der Waals surface area contributed by atoms with E-state index in [1.807, 2.05) is 0 Å². The van der Waals surface area contributed by atoms with E-state index in [1.54, 1.807) is 0 Å². The van der Waals surface area contributed by atoms with Crippen LogP contribution in [0, 0.1) is 0 Å². The molecule has 0 aliphatic heterocycles. The van der Waals surface area contributed by atoms with Gasteiger partial charge in [-0.05, 0) is 0 Å². The van der Waals surface area contributed by atoms with Gasteiger partial charge in [-0.3, -0.25) is 0 Å². The third kappa shape index (κ3) is 10.1. The van der Waals surface area contributed by atoms with Crippen LogP contribution in [0.3, 0.4) is 0 Å². The Morgan fingerprint density at radius 1 is 1.00 bits per heavy atom. The van der Waals surface area contributed by atoms with Crippen molar-refractivity contribution in [2.75, 3.05) is 0 Å². The third-order valence-electron chi connectivity index (χ3n) is 0. The van der Waals surface area contributed by atoms with E-state index >= 15 is 0 Å². The molecule has 0 saturated carbocycles. The van der Waals surface area contributed by atoms with Gasteiger partial charge in [0.25, 0.3) is 0 Å². The van der Waals surface area contributed by atoms with Crippen molar-refractivity contribution >= 4 is 23.1 Å². The van der Waals surface area contributed by atoms with E-state index in [0.29, 0.717) is 0 Å². The smallest absolute Gasteiger partial charge is 2.00 e. The molecule has 0 aromatic heterocycles. The van der Waals surface area contributed by atoms with Crippen LogP contribution < -0.4 is 0 Å². The van der Waals surface area contributed by atoms with Crippen molar-refractivity contribution in [1.82, 2.24) is 0 Å². The maximum Gasteiger partial charge on any atom is 4.00 e. The third-order valence-corrected chi connectivity index (χ3v) is 0. The molecule has 0 fully saturated rings. The van der Waals surface area contributed by atoms with Gasteiger partial charge in [-0.1, -0.05) is 0 Å². The minimum absolute atomic E-state index is 0. The van der Waals surface area contributed by atoms with Crippen LogP contribution in [0.5, 0.6) is 0 Å². The topological polar surface area (TPSA) is 57.0 Å². The number of hydrogen-bond acceptors (Lipinski definition) is 0. The van der Waals surface area contributed by atoms with E-state index in [1.165, 1.54) is 0 Å². The normalized spacial score (nSPS) is 0. The minimum Gasteiger partial charge on any atom is -2.00 e. The van der Waals surface area contributed by atoms with Crippen LogP contribution in [0.1, 0.15) is 2.85 Å². The largest absolute Gasteiger partial charge is 4.00 e. The quantitative estimate of drug-likeness (QED) is 0.426. The van der Waals surface area contributed by atoms with Crippen molar-refractivity contribution in [3.05, 3.63) is 0 Å². The average molecular weight is 154 g/mol. The Morgan fingerprint density at radius 3 is 1.00 bits per heavy atom. The van der Waals surface area contributed by atoms with Crippen molar-refractivity contribution in [2.24, 2.45) is 0 Å². The fraction of sp³-hybridized carbons (Fsp3) is 0. The second kappa shape index (κ2) is 26.4. The standard InChI is InChI=1S/Mg.Mo.2O.2H/q+2;+4;2*-2;2*-1. The van der Waals surface area contributed by atoms with E-state index in [-0.39, 0.29) is 57.9 Å². The van der Waals surface area contributed by atoms with E-state index in [9.17, 15) is 0 Å². The van der Waals surface area contributed by atoms with Gasteiger partial charge in [-0.2, -0.15) is 0 Å². The van der Waals surface area contributed by atoms with Gasteiger partial charge >= 0.3 is 44.1 Å². The second-order valence-corrected chi connectivity index (χ2v) is 0. The van der Waals surface area contributed by atoms with Gasteiger partial charge < -0.3 is 13.8 Å². The molecule has 0 aromatic carbocycles. The Labute approximate surface area is 58.0 Å². The Morgan fingerprint density at radius 2 is 1.00 bits per heavy atom. The first-order chi connectivity index (χ1) is 0. The molecule has 0 saturated heterocycles. The molecular formula is H2MgMoO2. The Kier molecular flexibility index (Phi) is 359. The van der Waals surface area contributed by atoms with Crippen LogP contribution in [0.25, 0.3) is 0 Å². The summed E-state index contributed by atoms with van der Waals surface area (Å²) in [5.41, 5.74) is 0. The zero-order valence-corrected chi connectivity index (χ0v) is 5.35. The maximum absolute atomic E-state index is 0. The molecule has 0 bridgehead atoms. The zero-order chi connectivity index (χ0) is 0. The van der Waals surface area contributed by atoms with Crippen LogP contribution in [0.4, 0.5) is 0 Å². The summed E-state index contributed by atoms with van der Waals surface area (Å²) in [6.07, 6.45) is 0. The molecule has 0 aromatic rings. The summed E-state index contributed by atoms with van der Waals surface area (Å²) in [6.45, 7) is 0. The second-order valence-electron chi connectivity index (χ2n) is 0. The summed E-state index contributed by atoms with van der Waals surface area (Å²) in [4.78, 5) is 0. The molecule has 22 valence electrons. The summed E-state index contributed by atoms with van der Waals surface area (Å²) < 4.78 is 0. The Balaban J connectivity index is 0. The SMILES string of the molecule is [H-].[H-].[Mg+2].[Mo+4].[O-2].[O-2]. The number of hydrogen-bond donors (Lipinski definition) is 0. The van der Waals surface area contributed by atoms with Crippen LogP contribution in [0.2, 0.25) is 0 Å². The van der Waals surface area contributed by atoms with Gasteiger partial charge in [0, 0.05) is 0 Å². The first kappa shape index (κ1) is 54.4. The van der Waals surface area contributed by atoms with E-state index in [4.69, 9.17) is 0 Å².